The average molecular weight is 704 g/mol. The molecular formula is C33H27BrCl2F2N2O4. The van der Waals surface area contributed by atoms with Crippen molar-refractivity contribution in [2.45, 2.75) is 31.0 Å². The smallest absolute Gasteiger partial charge is 0.252 e. The van der Waals surface area contributed by atoms with Gasteiger partial charge in [0.2, 0.25) is 5.90 Å². The van der Waals surface area contributed by atoms with Gasteiger partial charge in [0, 0.05) is 57.7 Å². The number of hydrogen-bond acceptors (Lipinski definition) is 5. The lowest BCUT2D eigenvalue weighted by molar-refractivity contribution is -0.129. The summed E-state index contributed by atoms with van der Waals surface area (Å²) in [7, 11) is 0. The number of carbonyl (C=O) groups is 1. The minimum atomic E-state index is -1.58. The normalized spacial score (nSPS) is 17.6. The van der Waals surface area contributed by atoms with Crippen molar-refractivity contribution in [2.75, 3.05) is 13.2 Å². The minimum absolute atomic E-state index is 0.0219. The van der Waals surface area contributed by atoms with E-state index in [0.29, 0.717) is 34.9 Å². The van der Waals surface area contributed by atoms with E-state index in [1.54, 1.807) is 42.5 Å². The first-order valence-corrected chi connectivity index (χ1v) is 15.2. The van der Waals surface area contributed by atoms with Gasteiger partial charge in [0.05, 0.1) is 6.61 Å². The van der Waals surface area contributed by atoms with Crippen LogP contribution in [0.1, 0.15) is 34.8 Å². The van der Waals surface area contributed by atoms with Gasteiger partial charge in [-0.1, -0.05) is 57.3 Å². The van der Waals surface area contributed by atoms with E-state index in [2.05, 4.69) is 21.2 Å². The monoisotopic (exact) mass is 702 g/mol. The largest absolute Gasteiger partial charge is 0.494 e. The number of nitrogens with one attached hydrogen (secondary N) is 1. The Morgan fingerprint density at radius 1 is 0.977 bits per heavy atom. The van der Waals surface area contributed by atoms with E-state index in [1.807, 2.05) is 24.3 Å². The first kappa shape index (κ1) is 31.9. The Bertz CT molecular complexity index is 1650. The first-order chi connectivity index (χ1) is 21.2. The fourth-order valence-corrected chi connectivity index (χ4v) is 5.71. The zero-order valence-electron chi connectivity index (χ0n) is 23.2. The molecule has 44 heavy (non-hydrogen) atoms. The second-order valence-corrected chi connectivity index (χ2v) is 12.0. The van der Waals surface area contributed by atoms with Crippen molar-refractivity contribution >= 4 is 50.9 Å². The van der Waals surface area contributed by atoms with Crippen LogP contribution in [0, 0.1) is 11.6 Å². The van der Waals surface area contributed by atoms with Crippen LogP contribution in [0.4, 0.5) is 8.78 Å². The molecule has 0 saturated heterocycles. The zero-order valence-corrected chi connectivity index (χ0v) is 26.3. The average Bonchev–Trinajstić information content (AvgIpc) is 3.37. The zero-order chi connectivity index (χ0) is 31.3. The first-order valence-electron chi connectivity index (χ1n) is 13.7. The van der Waals surface area contributed by atoms with E-state index < -0.39 is 29.2 Å². The van der Waals surface area contributed by atoms with E-state index in [-0.39, 0.29) is 36.1 Å². The molecule has 1 aliphatic heterocycles. The molecule has 4 aromatic carbocycles. The van der Waals surface area contributed by atoms with Gasteiger partial charge in [-0.05, 0) is 71.8 Å². The molecule has 0 aromatic heterocycles. The van der Waals surface area contributed by atoms with Crippen LogP contribution >= 0.6 is 39.1 Å². The number of aliphatic hydroxyl groups excluding tert-OH is 1. The number of aliphatic hydroxyl groups is 1. The number of halogens is 5. The molecule has 2 atom stereocenters. The highest BCUT2D eigenvalue weighted by Crippen LogP contribution is 2.45. The summed E-state index contributed by atoms with van der Waals surface area (Å²) < 4.78 is 40.8. The highest BCUT2D eigenvalue weighted by atomic mass is 79.9. The number of carbonyl (C=O) groups excluding carboxylic acids is 1. The number of rotatable bonds is 11. The Morgan fingerprint density at radius 3 is 2.34 bits per heavy atom. The molecule has 0 spiro atoms. The molecule has 0 unspecified atom stereocenters. The Labute approximate surface area is 271 Å². The van der Waals surface area contributed by atoms with E-state index >= 15 is 0 Å². The summed E-state index contributed by atoms with van der Waals surface area (Å²) in [6.07, 6.45) is -0.383. The van der Waals surface area contributed by atoms with Crippen molar-refractivity contribution in [3.63, 3.8) is 0 Å². The molecule has 0 saturated carbocycles. The summed E-state index contributed by atoms with van der Waals surface area (Å²) in [6, 6.07) is 22.5. The van der Waals surface area contributed by atoms with Crippen molar-refractivity contribution in [3.05, 3.63) is 133 Å². The Morgan fingerprint density at radius 2 is 1.68 bits per heavy atom. The molecule has 5 rings (SSSR count). The molecule has 0 bridgehead atoms. The van der Waals surface area contributed by atoms with Gasteiger partial charge < -0.3 is 19.9 Å². The molecule has 6 nitrogen and oxygen atoms in total. The molecule has 0 radical (unpaired) electrons. The minimum Gasteiger partial charge on any atom is -0.494 e. The summed E-state index contributed by atoms with van der Waals surface area (Å²) in [5.41, 5.74) is 0.533. The summed E-state index contributed by atoms with van der Waals surface area (Å²) in [5, 5.41) is 12.6. The fourth-order valence-electron chi connectivity index (χ4n) is 4.94. The third-order valence-electron chi connectivity index (χ3n) is 7.04. The van der Waals surface area contributed by atoms with Gasteiger partial charge in [0.15, 0.2) is 11.6 Å². The van der Waals surface area contributed by atoms with Gasteiger partial charge in [0.1, 0.15) is 17.4 Å². The van der Waals surface area contributed by atoms with Crippen LogP contribution < -0.4 is 10.1 Å². The summed E-state index contributed by atoms with van der Waals surface area (Å²) in [4.78, 5) is 19.3. The summed E-state index contributed by atoms with van der Waals surface area (Å²) >= 11 is 16.3. The lowest BCUT2D eigenvalue weighted by Gasteiger charge is -2.31. The highest BCUT2D eigenvalue weighted by Gasteiger charge is 2.53. The summed E-state index contributed by atoms with van der Waals surface area (Å²) in [5.74, 6) is -1.23. The maximum absolute atomic E-state index is 14.3. The second kappa shape index (κ2) is 14.1. The Kier molecular flexibility index (Phi) is 10.2. The van der Waals surface area contributed by atoms with Gasteiger partial charge in [-0.15, -0.1) is 0 Å². The molecule has 0 aliphatic carbocycles. The van der Waals surface area contributed by atoms with Gasteiger partial charge >= 0.3 is 0 Å². The van der Waals surface area contributed by atoms with Crippen LogP contribution in [0.2, 0.25) is 10.0 Å². The fraction of sp³-hybridized carbons (Fsp3) is 0.212. The van der Waals surface area contributed by atoms with E-state index in [0.717, 1.165) is 28.2 Å². The number of aliphatic imine (C=N–C) groups is 1. The second-order valence-electron chi connectivity index (χ2n) is 10.2. The van der Waals surface area contributed by atoms with Crippen LogP contribution in [0.15, 0.2) is 94.4 Å². The number of hydrogen-bond donors (Lipinski definition) is 2. The van der Waals surface area contributed by atoms with Crippen molar-refractivity contribution in [1.82, 2.24) is 5.32 Å². The van der Waals surface area contributed by atoms with E-state index in [4.69, 9.17) is 42.8 Å². The predicted octanol–water partition coefficient (Wildman–Crippen LogP) is 7.61. The van der Waals surface area contributed by atoms with Gasteiger partial charge in [-0.2, -0.15) is 0 Å². The molecule has 0 fully saturated rings. The van der Waals surface area contributed by atoms with Gasteiger partial charge in [-0.3, -0.25) is 4.79 Å². The SMILES string of the molecule is O=C(NCc1cc(F)cc(F)c1)[C@]1(Cc2ccc(Br)cc2)N=C(c2ccc(OCCCO)cc2)O[C@@H]1c1ccc(Cl)cc1Cl. The van der Waals surface area contributed by atoms with E-state index in [9.17, 15) is 13.6 Å². The molecule has 11 heteroatoms. The number of amides is 1. The lowest BCUT2D eigenvalue weighted by atomic mass is 9.82. The standard InChI is InChI=1S/C33H27BrCl2F2N2O4/c34-23-6-2-20(3-7-23)18-33(32(42)39-19-21-14-25(37)17-26(38)15-21)30(28-11-8-24(35)16-29(28)36)44-31(40-33)22-4-9-27(10-5-22)43-13-1-12-41/h2-11,14-17,30,41H,1,12-13,18-19H2,(H,39,42)/t30-,33-/m1/s1. The van der Waals surface area contributed by atoms with Crippen LogP contribution in [0.25, 0.3) is 0 Å². The van der Waals surface area contributed by atoms with Crippen LogP contribution in [-0.4, -0.2) is 35.7 Å². The summed E-state index contributed by atoms with van der Waals surface area (Å²) in [6.45, 7) is 0.228. The third kappa shape index (κ3) is 7.41. The number of benzene rings is 4. The van der Waals surface area contributed by atoms with Crippen LogP contribution in [-0.2, 0) is 22.5 Å². The molecule has 1 aliphatic rings. The Hall–Kier alpha value is -3.50. The molecular weight excluding hydrogens is 677 g/mol. The van der Waals surface area contributed by atoms with Crippen LogP contribution in [0.5, 0.6) is 5.75 Å². The molecule has 2 N–H and O–H groups in total. The van der Waals surface area contributed by atoms with Crippen molar-refractivity contribution in [1.29, 1.82) is 0 Å². The number of nitrogens with zero attached hydrogens (tertiary/aromatic N) is 1. The predicted molar refractivity (Wildman–Crippen MR) is 169 cm³/mol. The Balaban J connectivity index is 1.58. The maximum atomic E-state index is 14.3. The van der Waals surface area contributed by atoms with Crippen LogP contribution in [0.3, 0.4) is 0 Å². The molecule has 228 valence electrons. The molecule has 1 amide bonds. The quantitative estimate of drug-likeness (QED) is 0.158. The van der Waals surface area contributed by atoms with Gasteiger partial charge in [-0.25, -0.2) is 13.8 Å². The van der Waals surface area contributed by atoms with Crippen molar-refractivity contribution in [3.8, 4) is 5.75 Å². The number of ether oxygens (including phenoxy) is 2. The van der Waals surface area contributed by atoms with E-state index in [1.165, 1.54) is 0 Å². The van der Waals surface area contributed by atoms with Crippen molar-refractivity contribution < 1.29 is 28.2 Å². The van der Waals surface area contributed by atoms with Gasteiger partial charge in [0.25, 0.3) is 5.91 Å². The lowest BCUT2D eigenvalue weighted by Crippen LogP contribution is -2.49. The van der Waals surface area contributed by atoms with Crippen molar-refractivity contribution in [2.24, 2.45) is 4.99 Å². The molecule has 4 aromatic rings. The topological polar surface area (TPSA) is 80.2 Å². The molecule has 1 heterocycles. The highest BCUT2D eigenvalue weighted by molar-refractivity contribution is 9.10. The third-order valence-corrected chi connectivity index (χ3v) is 8.13. The maximum Gasteiger partial charge on any atom is 0.252 e.